The molecule has 1 aliphatic carbocycles. The Hall–Kier alpha value is -2.99. The summed E-state index contributed by atoms with van der Waals surface area (Å²) >= 11 is 1.22. The van der Waals surface area contributed by atoms with Gasteiger partial charge in [0.2, 0.25) is 5.88 Å². The second-order valence-corrected chi connectivity index (χ2v) is 9.24. The minimum absolute atomic E-state index is 0.00450. The van der Waals surface area contributed by atoms with Gasteiger partial charge >= 0.3 is 0 Å². The monoisotopic (exact) mass is 442 g/mol. The van der Waals surface area contributed by atoms with Crippen LogP contribution in [-0.2, 0) is 12.0 Å². The van der Waals surface area contributed by atoms with Crippen molar-refractivity contribution in [2.45, 2.75) is 30.1 Å². The van der Waals surface area contributed by atoms with Gasteiger partial charge in [-0.3, -0.25) is 9.79 Å². The maximum atomic E-state index is 14.8. The molecule has 1 fully saturated rings. The first-order valence-electron chi connectivity index (χ1n) is 9.62. The molecule has 9 heteroatoms. The lowest BCUT2D eigenvalue weighted by atomic mass is 9.84. The zero-order valence-corrected chi connectivity index (χ0v) is 17.6. The van der Waals surface area contributed by atoms with Crippen molar-refractivity contribution in [1.29, 1.82) is 0 Å². The number of terminal acetylenes is 1. The minimum atomic E-state index is -0.986. The summed E-state index contributed by atoms with van der Waals surface area (Å²) in [5, 5.41) is 0.247. The van der Waals surface area contributed by atoms with Crippen LogP contribution in [0.5, 0.6) is 5.88 Å². The van der Waals surface area contributed by atoms with E-state index in [1.165, 1.54) is 36.3 Å². The number of thioether (sulfide) groups is 1. The number of aromatic nitrogens is 2. The number of hydrogen-bond donors (Lipinski definition) is 1. The normalized spacial score (nSPS) is 26.4. The molecule has 2 heterocycles. The molecule has 2 aromatic rings. The van der Waals surface area contributed by atoms with Gasteiger partial charge < -0.3 is 10.5 Å². The zero-order valence-electron chi connectivity index (χ0n) is 16.8. The molecular formula is C22H20F2N4O2S. The Kier molecular flexibility index (Phi) is 5.43. The van der Waals surface area contributed by atoms with Gasteiger partial charge in [-0.25, -0.2) is 18.7 Å². The molecule has 3 atom stereocenters. The average Bonchev–Trinajstić information content (AvgIpc) is 3.49. The number of carbonyl (C=O) groups is 1. The lowest BCUT2D eigenvalue weighted by Crippen LogP contribution is -2.36. The van der Waals surface area contributed by atoms with Gasteiger partial charge in [0.15, 0.2) is 17.6 Å². The topological polar surface area (TPSA) is 90.5 Å². The molecule has 160 valence electrons. The number of Topliss-reactive ketones (excluding diaryl/α,β-unsaturated/α-hetero) is 1. The summed E-state index contributed by atoms with van der Waals surface area (Å²) in [6, 6.07) is 4.45. The molecule has 1 saturated carbocycles. The summed E-state index contributed by atoms with van der Waals surface area (Å²) in [7, 11) is 0. The van der Waals surface area contributed by atoms with Crippen molar-refractivity contribution in [3.8, 4) is 18.2 Å². The van der Waals surface area contributed by atoms with Gasteiger partial charge in [-0.15, -0.1) is 6.42 Å². The lowest BCUT2D eigenvalue weighted by molar-refractivity contribution is 0.0987. The van der Waals surface area contributed by atoms with Crippen molar-refractivity contribution in [2.75, 3.05) is 13.3 Å². The van der Waals surface area contributed by atoms with Crippen molar-refractivity contribution in [3.63, 3.8) is 0 Å². The molecule has 1 aromatic heterocycles. The number of alkyl halides is 1. The summed E-state index contributed by atoms with van der Waals surface area (Å²) < 4.78 is 33.0. The average molecular weight is 442 g/mol. The highest BCUT2D eigenvalue weighted by Crippen LogP contribution is 2.66. The summed E-state index contributed by atoms with van der Waals surface area (Å²) in [5.74, 6) is 1.62. The smallest absolute Gasteiger partial charge is 0.233 e. The predicted octanol–water partition coefficient (Wildman–Crippen LogP) is 3.06. The number of hydrogen-bond acceptors (Lipinski definition) is 7. The Morgan fingerprint density at radius 2 is 2.23 bits per heavy atom. The molecule has 1 aromatic carbocycles. The van der Waals surface area contributed by atoms with Crippen molar-refractivity contribution in [3.05, 3.63) is 53.2 Å². The highest BCUT2D eigenvalue weighted by atomic mass is 32.2. The van der Waals surface area contributed by atoms with Crippen LogP contribution in [0.15, 0.2) is 35.6 Å². The fraction of sp³-hybridized carbons (Fsp3) is 0.364. The number of nitrogens with zero attached hydrogens (tertiary/aromatic N) is 3. The summed E-state index contributed by atoms with van der Waals surface area (Å²) in [4.78, 5) is 25.2. The number of aliphatic imine (C=N–C) groups is 1. The summed E-state index contributed by atoms with van der Waals surface area (Å²) in [6.07, 6.45) is 8.32. The molecule has 1 aliphatic heterocycles. The van der Waals surface area contributed by atoms with E-state index in [-0.39, 0.29) is 41.5 Å². The molecule has 2 N–H and O–H groups in total. The second kappa shape index (κ2) is 7.93. The molecule has 0 amide bonds. The standard InChI is InChI=1S/C22H20F2N4O2S/c1-3-6-30-19-11-26-16(10-27-19)17(29)8-13-4-5-15(24)14(7-13)21(2)18-9-22(18,12-23)31-20(25)28-21/h1,4-5,7,10-11,18H,6,8-9,12H2,2H3,(H2,25,28)/t18-,21+,22+/m0/s1. The third-order valence-electron chi connectivity index (χ3n) is 5.74. The van der Waals surface area contributed by atoms with Crippen LogP contribution in [0.2, 0.25) is 0 Å². The van der Waals surface area contributed by atoms with Gasteiger partial charge in [0.05, 0.1) is 22.7 Å². The Balaban J connectivity index is 1.57. The first-order chi connectivity index (χ1) is 14.8. The van der Waals surface area contributed by atoms with Gasteiger partial charge in [-0.2, -0.15) is 0 Å². The predicted molar refractivity (Wildman–Crippen MR) is 114 cm³/mol. The fourth-order valence-electron chi connectivity index (χ4n) is 4.07. The van der Waals surface area contributed by atoms with Gasteiger partial charge in [-0.1, -0.05) is 23.7 Å². The molecule has 0 spiro atoms. The molecule has 0 unspecified atom stereocenters. The quantitative estimate of drug-likeness (QED) is 0.524. The summed E-state index contributed by atoms with van der Waals surface area (Å²) in [6.45, 7) is 1.27. The van der Waals surface area contributed by atoms with E-state index in [0.29, 0.717) is 17.5 Å². The molecular weight excluding hydrogens is 422 g/mol. The first-order valence-corrected chi connectivity index (χ1v) is 10.4. The van der Waals surface area contributed by atoms with Gasteiger partial charge in [0, 0.05) is 17.9 Å². The van der Waals surface area contributed by atoms with Crippen molar-refractivity contribution >= 4 is 22.7 Å². The lowest BCUT2D eigenvalue weighted by Gasteiger charge is -2.33. The molecule has 0 bridgehead atoms. The van der Waals surface area contributed by atoms with Crippen LogP contribution in [0.3, 0.4) is 0 Å². The molecule has 0 radical (unpaired) electrons. The number of fused-ring (bicyclic) bond motifs is 1. The van der Waals surface area contributed by atoms with Crippen LogP contribution >= 0.6 is 11.8 Å². The van der Waals surface area contributed by atoms with E-state index >= 15 is 0 Å². The van der Waals surface area contributed by atoms with Crippen molar-refractivity contribution in [2.24, 2.45) is 16.6 Å². The Morgan fingerprint density at radius 1 is 1.42 bits per heavy atom. The van der Waals surface area contributed by atoms with E-state index < -0.39 is 22.8 Å². The maximum absolute atomic E-state index is 14.8. The molecule has 0 saturated heterocycles. The molecule has 6 nitrogen and oxygen atoms in total. The first kappa shape index (κ1) is 21.2. The summed E-state index contributed by atoms with van der Waals surface area (Å²) in [5.41, 5.74) is 6.02. The maximum Gasteiger partial charge on any atom is 0.233 e. The van der Waals surface area contributed by atoms with E-state index in [0.717, 1.165) is 0 Å². The van der Waals surface area contributed by atoms with Crippen LogP contribution in [0.4, 0.5) is 8.78 Å². The highest BCUT2D eigenvalue weighted by molar-refractivity contribution is 8.15. The number of benzene rings is 1. The number of ether oxygens (including phenoxy) is 1. The zero-order chi connectivity index (χ0) is 22.2. The van der Waals surface area contributed by atoms with Gasteiger partial charge in [0.1, 0.15) is 18.2 Å². The Bertz CT molecular complexity index is 1100. The number of rotatable bonds is 7. The molecule has 2 aliphatic rings. The molecule has 31 heavy (non-hydrogen) atoms. The third-order valence-corrected chi connectivity index (χ3v) is 7.00. The van der Waals surface area contributed by atoms with Crippen molar-refractivity contribution < 1.29 is 18.3 Å². The Morgan fingerprint density at radius 3 is 2.90 bits per heavy atom. The Labute approximate surface area is 182 Å². The number of nitrogens with two attached hydrogens (primary N) is 1. The van der Waals surface area contributed by atoms with E-state index in [9.17, 15) is 13.6 Å². The minimum Gasteiger partial charge on any atom is -0.463 e. The van der Waals surface area contributed by atoms with Crippen LogP contribution < -0.4 is 10.5 Å². The van der Waals surface area contributed by atoms with Crippen LogP contribution in [0, 0.1) is 24.1 Å². The van der Waals surface area contributed by atoms with Gasteiger partial charge in [-0.05, 0) is 31.0 Å². The van der Waals surface area contributed by atoms with E-state index in [1.54, 1.807) is 13.0 Å². The fourth-order valence-corrected chi connectivity index (χ4v) is 5.40. The molecule has 4 rings (SSSR count). The number of carbonyl (C=O) groups excluding carboxylic acids is 1. The van der Waals surface area contributed by atoms with Crippen molar-refractivity contribution in [1.82, 2.24) is 9.97 Å². The van der Waals surface area contributed by atoms with E-state index in [1.807, 2.05) is 0 Å². The van der Waals surface area contributed by atoms with Gasteiger partial charge in [0.25, 0.3) is 0 Å². The van der Waals surface area contributed by atoms with Crippen LogP contribution in [0.25, 0.3) is 0 Å². The van der Waals surface area contributed by atoms with Crippen LogP contribution in [0.1, 0.15) is 35.0 Å². The largest absolute Gasteiger partial charge is 0.463 e. The number of ketones is 1. The second-order valence-electron chi connectivity index (χ2n) is 7.80. The number of halogens is 2. The highest BCUT2D eigenvalue weighted by Gasteiger charge is 2.66. The van der Waals surface area contributed by atoms with E-state index in [2.05, 4.69) is 20.9 Å². The van der Waals surface area contributed by atoms with E-state index in [4.69, 9.17) is 16.9 Å². The number of amidine groups is 1. The van der Waals surface area contributed by atoms with Crippen LogP contribution in [-0.4, -0.2) is 38.9 Å². The SMILES string of the molecule is C#CCOc1cnc(C(=O)Cc2ccc(F)c([C@@]3(C)N=C(N)S[C@@]4(CF)C[C@H]43)c2)cn1. The third kappa shape index (κ3) is 3.88.